The van der Waals surface area contributed by atoms with Crippen LogP contribution in [0.2, 0.25) is 0 Å². The lowest BCUT2D eigenvalue weighted by atomic mass is 10.1. The van der Waals surface area contributed by atoms with Crippen LogP contribution >= 0.6 is 0 Å². The predicted octanol–water partition coefficient (Wildman–Crippen LogP) is 2.40. The zero-order chi connectivity index (χ0) is 13.5. The van der Waals surface area contributed by atoms with Crippen LogP contribution in [0, 0.1) is 0 Å². The maximum atomic E-state index is 12.1. The summed E-state index contributed by atoms with van der Waals surface area (Å²) in [7, 11) is 0. The highest BCUT2D eigenvalue weighted by atomic mass is 16.1. The van der Waals surface area contributed by atoms with Gasteiger partial charge < -0.3 is 4.98 Å². The summed E-state index contributed by atoms with van der Waals surface area (Å²) in [4.78, 5) is 22.1. The molecule has 20 heavy (non-hydrogen) atoms. The van der Waals surface area contributed by atoms with Crippen molar-refractivity contribution in [1.29, 1.82) is 0 Å². The van der Waals surface area contributed by atoms with Crippen LogP contribution in [-0.2, 0) is 6.54 Å². The molecule has 1 saturated heterocycles. The quantitative estimate of drug-likeness (QED) is 0.930. The van der Waals surface area contributed by atoms with E-state index in [1.165, 1.54) is 31.5 Å². The molecule has 0 amide bonds. The lowest BCUT2D eigenvalue weighted by molar-refractivity contribution is 0.331. The fourth-order valence-electron chi connectivity index (χ4n) is 3.12. The van der Waals surface area contributed by atoms with Crippen LogP contribution in [0.25, 0.3) is 11.0 Å². The summed E-state index contributed by atoms with van der Waals surface area (Å²) >= 11 is 0. The number of likely N-dealkylation sites (tertiary alicyclic amines) is 1. The molecule has 104 valence electrons. The lowest BCUT2D eigenvalue weighted by Crippen LogP contribution is -2.18. The number of nitrogens with zero attached hydrogens (tertiary/aromatic N) is 2. The van der Waals surface area contributed by atoms with E-state index in [9.17, 15) is 4.79 Å². The van der Waals surface area contributed by atoms with Crippen LogP contribution in [0.4, 0.5) is 0 Å². The van der Waals surface area contributed by atoms with Crippen molar-refractivity contribution in [2.75, 3.05) is 13.1 Å². The molecule has 0 atom stereocenters. The first-order valence-corrected chi connectivity index (χ1v) is 7.54. The van der Waals surface area contributed by atoms with Crippen LogP contribution in [-0.4, -0.2) is 28.0 Å². The summed E-state index contributed by atoms with van der Waals surface area (Å²) in [5, 5.41) is 0. The second kappa shape index (κ2) is 4.70. The van der Waals surface area contributed by atoms with E-state index in [2.05, 4.69) is 20.9 Å². The molecule has 2 aliphatic rings. The van der Waals surface area contributed by atoms with E-state index in [-0.39, 0.29) is 5.56 Å². The molecule has 3 heterocycles. The van der Waals surface area contributed by atoms with Gasteiger partial charge in [-0.1, -0.05) is 0 Å². The standard InChI is InChI=1S/C16H19N3O/c20-16-13(12-3-4-12)8-14-15(18-16)7-11(9-17-14)10-19-5-1-2-6-19/h7-9,12H,1-6,10H2,(H,18,20). The molecule has 2 aromatic rings. The van der Waals surface area contributed by atoms with Gasteiger partial charge in [0.2, 0.25) is 0 Å². The van der Waals surface area contributed by atoms with Crippen LogP contribution < -0.4 is 5.56 Å². The second-order valence-corrected chi connectivity index (χ2v) is 6.09. The number of pyridine rings is 2. The van der Waals surface area contributed by atoms with Crippen LogP contribution in [0.5, 0.6) is 0 Å². The molecule has 1 saturated carbocycles. The number of H-pyrrole nitrogens is 1. The van der Waals surface area contributed by atoms with Gasteiger partial charge in [0.25, 0.3) is 5.56 Å². The van der Waals surface area contributed by atoms with Gasteiger partial charge in [-0.25, -0.2) is 0 Å². The Morgan fingerprint density at radius 3 is 2.80 bits per heavy atom. The highest BCUT2D eigenvalue weighted by Crippen LogP contribution is 2.38. The van der Waals surface area contributed by atoms with Gasteiger partial charge in [-0.2, -0.15) is 0 Å². The second-order valence-electron chi connectivity index (χ2n) is 6.09. The maximum Gasteiger partial charge on any atom is 0.252 e. The van der Waals surface area contributed by atoms with E-state index >= 15 is 0 Å². The monoisotopic (exact) mass is 269 g/mol. The third kappa shape index (κ3) is 2.24. The number of aromatic amines is 1. The maximum absolute atomic E-state index is 12.1. The van der Waals surface area contributed by atoms with Gasteiger partial charge in [-0.05, 0) is 62.4 Å². The molecular weight excluding hydrogens is 250 g/mol. The number of fused-ring (bicyclic) bond motifs is 1. The van der Waals surface area contributed by atoms with E-state index in [1.807, 2.05) is 12.3 Å². The van der Waals surface area contributed by atoms with Crippen molar-refractivity contribution in [3.8, 4) is 0 Å². The van der Waals surface area contributed by atoms with Crippen LogP contribution in [0.1, 0.15) is 42.7 Å². The number of hydrogen-bond donors (Lipinski definition) is 1. The number of nitrogens with one attached hydrogen (secondary N) is 1. The summed E-state index contributed by atoms with van der Waals surface area (Å²) < 4.78 is 0. The van der Waals surface area contributed by atoms with Crippen molar-refractivity contribution in [3.63, 3.8) is 0 Å². The highest BCUT2D eigenvalue weighted by molar-refractivity contribution is 5.75. The molecule has 2 aromatic heterocycles. The van der Waals surface area contributed by atoms with Gasteiger partial charge in [0.1, 0.15) is 0 Å². The Morgan fingerprint density at radius 2 is 2.05 bits per heavy atom. The zero-order valence-electron chi connectivity index (χ0n) is 11.6. The molecule has 1 aliphatic carbocycles. The van der Waals surface area contributed by atoms with Crippen LogP contribution in [0.3, 0.4) is 0 Å². The van der Waals surface area contributed by atoms with Crippen molar-refractivity contribution in [2.24, 2.45) is 0 Å². The number of hydrogen-bond acceptors (Lipinski definition) is 3. The van der Waals surface area contributed by atoms with Crippen molar-refractivity contribution < 1.29 is 0 Å². The molecule has 0 radical (unpaired) electrons. The van der Waals surface area contributed by atoms with Crippen LogP contribution in [0.15, 0.2) is 23.1 Å². The normalized spacial score (nSPS) is 19.8. The SMILES string of the molecule is O=c1[nH]c2cc(CN3CCCC3)cnc2cc1C1CC1. The van der Waals surface area contributed by atoms with Gasteiger partial charge >= 0.3 is 0 Å². The fraction of sp³-hybridized carbons (Fsp3) is 0.500. The van der Waals surface area contributed by atoms with E-state index < -0.39 is 0 Å². The van der Waals surface area contributed by atoms with Crippen molar-refractivity contribution in [1.82, 2.24) is 14.9 Å². The van der Waals surface area contributed by atoms with E-state index in [4.69, 9.17) is 0 Å². The third-order valence-electron chi connectivity index (χ3n) is 4.40. The number of aromatic nitrogens is 2. The summed E-state index contributed by atoms with van der Waals surface area (Å²) in [5.74, 6) is 0.467. The first-order valence-electron chi connectivity index (χ1n) is 7.54. The number of rotatable bonds is 3. The smallest absolute Gasteiger partial charge is 0.252 e. The Kier molecular flexibility index (Phi) is 2.84. The highest BCUT2D eigenvalue weighted by Gasteiger charge is 2.26. The molecule has 1 aliphatic heterocycles. The minimum atomic E-state index is 0.0696. The summed E-state index contributed by atoms with van der Waals surface area (Å²) in [6.07, 6.45) is 6.82. The van der Waals surface area contributed by atoms with E-state index in [0.29, 0.717) is 5.92 Å². The molecule has 2 fully saturated rings. The molecule has 4 rings (SSSR count). The van der Waals surface area contributed by atoms with Gasteiger partial charge in [-0.3, -0.25) is 14.7 Å². The molecule has 1 N–H and O–H groups in total. The Labute approximate surface area is 117 Å². The van der Waals surface area contributed by atoms with Gasteiger partial charge in [0, 0.05) is 18.3 Å². The van der Waals surface area contributed by atoms with Crippen molar-refractivity contribution in [2.45, 2.75) is 38.1 Å². The zero-order valence-corrected chi connectivity index (χ0v) is 11.6. The summed E-state index contributed by atoms with van der Waals surface area (Å²) in [6.45, 7) is 3.29. The molecule has 0 unspecified atom stereocenters. The Hall–Kier alpha value is -1.68. The first kappa shape index (κ1) is 12.1. The van der Waals surface area contributed by atoms with E-state index in [0.717, 1.165) is 36.0 Å². The Morgan fingerprint density at radius 1 is 1.25 bits per heavy atom. The lowest BCUT2D eigenvalue weighted by Gasteiger charge is -2.14. The Bertz CT molecular complexity index is 696. The van der Waals surface area contributed by atoms with Crippen molar-refractivity contribution >= 4 is 11.0 Å². The summed E-state index contributed by atoms with van der Waals surface area (Å²) in [5.41, 5.74) is 3.96. The minimum absolute atomic E-state index is 0.0696. The molecular formula is C16H19N3O. The molecule has 0 bridgehead atoms. The van der Waals surface area contributed by atoms with Gasteiger partial charge in [0.05, 0.1) is 11.0 Å². The topological polar surface area (TPSA) is 49.0 Å². The Balaban J connectivity index is 1.68. The molecule has 4 heteroatoms. The first-order chi connectivity index (χ1) is 9.79. The predicted molar refractivity (Wildman–Crippen MR) is 78.8 cm³/mol. The third-order valence-corrected chi connectivity index (χ3v) is 4.40. The molecule has 4 nitrogen and oxygen atoms in total. The largest absolute Gasteiger partial charge is 0.320 e. The average Bonchev–Trinajstić information content (AvgIpc) is 3.16. The molecule has 0 aromatic carbocycles. The summed E-state index contributed by atoms with van der Waals surface area (Å²) in [6, 6.07) is 4.06. The average molecular weight is 269 g/mol. The molecule has 0 spiro atoms. The van der Waals surface area contributed by atoms with Crippen molar-refractivity contribution in [3.05, 3.63) is 39.8 Å². The van der Waals surface area contributed by atoms with Gasteiger partial charge in [-0.15, -0.1) is 0 Å². The fourth-order valence-corrected chi connectivity index (χ4v) is 3.12. The minimum Gasteiger partial charge on any atom is -0.320 e. The van der Waals surface area contributed by atoms with Gasteiger partial charge in [0.15, 0.2) is 0 Å². The van der Waals surface area contributed by atoms with E-state index in [1.54, 1.807) is 0 Å².